The summed E-state index contributed by atoms with van der Waals surface area (Å²) in [4.78, 5) is 6.74. The molecule has 2 aromatic rings. The fourth-order valence-electron chi connectivity index (χ4n) is 3.04. The van der Waals surface area contributed by atoms with Crippen molar-refractivity contribution in [2.24, 2.45) is 11.1 Å². The van der Waals surface area contributed by atoms with E-state index in [0.717, 1.165) is 29.9 Å². The highest BCUT2D eigenvalue weighted by atomic mass is 32.2. The van der Waals surface area contributed by atoms with Crippen LogP contribution < -0.4 is 10.0 Å². The molecule has 3 rings (SSSR count). The number of aromatic nitrogens is 2. The lowest BCUT2D eigenvalue weighted by Gasteiger charge is -2.22. The second-order valence-corrected chi connectivity index (χ2v) is 8.28. The quantitative estimate of drug-likeness (QED) is 0.883. The summed E-state index contributed by atoms with van der Waals surface area (Å²) in [5, 5.41) is 9.23. The highest BCUT2D eigenvalue weighted by Crippen LogP contribution is 2.34. The van der Waals surface area contributed by atoms with Crippen molar-refractivity contribution in [3.63, 3.8) is 0 Å². The van der Waals surface area contributed by atoms with Gasteiger partial charge in [-0.15, -0.1) is 0 Å². The van der Waals surface area contributed by atoms with Gasteiger partial charge in [-0.2, -0.15) is 4.98 Å². The number of rotatable bonds is 5. The maximum atomic E-state index is 11.5. The first-order valence-electron chi connectivity index (χ1n) is 7.98. The van der Waals surface area contributed by atoms with Gasteiger partial charge in [0.05, 0.1) is 11.4 Å². The first kappa shape index (κ1) is 16.9. The lowest BCUT2D eigenvalue weighted by molar-refractivity contribution is 0.366. The van der Waals surface area contributed by atoms with Crippen molar-refractivity contribution >= 4 is 15.7 Å². The predicted octanol–water partition coefficient (Wildman–Crippen LogP) is 1.87. The number of nitrogens with two attached hydrogens (primary N) is 1. The van der Waals surface area contributed by atoms with Crippen LogP contribution in [0.25, 0.3) is 0 Å². The molecule has 0 saturated carbocycles. The minimum atomic E-state index is -3.69. The third kappa shape index (κ3) is 3.44. The Morgan fingerprint density at radius 3 is 2.83 bits per heavy atom. The minimum absolute atomic E-state index is 0.146. The van der Waals surface area contributed by atoms with Crippen molar-refractivity contribution in [2.45, 2.75) is 51.1 Å². The Bertz CT molecular complexity index is 845. The van der Waals surface area contributed by atoms with E-state index >= 15 is 0 Å². The van der Waals surface area contributed by atoms with Crippen LogP contribution in [-0.2, 0) is 29.4 Å². The van der Waals surface area contributed by atoms with E-state index in [1.54, 1.807) is 12.1 Å². The zero-order valence-corrected chi connectivity index (χ0v) is 14.9. The van der Waals surface area contributed by atoms with E-state index in [4.69, 9.17) is 9.66 Å². The smallest absolute Gasteiger partial charge is 0.246 e. The molecule has 130 valence electrons. The van der Waals surface area contributed by atoms with E-state index in [-0.39, 0.29) is 10.9 Å². The third-order valence-corrected chi connectivity index (χ3v) is 5.05. The van der Waals surface area contributed by atoms with Crippen LogP contribution in [0.4, 0.5) is 5.69 Å². The summed E-state index contributed by atoms with van der Waals surface area (Å²) in [6.45, 7) is 6.81. The summed E-state index contributed by atoms with van der Waals surface area (Å²) in [5.74, 6) is 1.76. The molecule has 0 spiro atoms. The minimum Gasteiger partial charge on any atom is -0.359 e. The zero-order valence-electron chi connectivity index (χ0n) is 14.1. The van der Waals surface area contributed by atoms with Crippen LogP contribution >= 0.6 is 0 Å². The number of hydrogen-bond acceptors (Lipinski definition) is 6. The van der Waals surface area contributed by atoms with Crippen LogP contribution in [0.1, 0.15) is 38.0 Å². The average Bonchev–Trinajstić information content (AvgIpc) is 3.02. The molecule has 0 amide bonds. The van der Waals surface area contributed by atoms with Gasteiger partial charge in [-0.25, -0.2) is 13.6 Å². The van der Waals surface area contributed by atoms with Crippen LogP contribution in [0.5, 0.6) is 0 Å². The largest absolute Gasteiger partial charge is 0.359 e. The number of sulfonamides is 1. The molecule has 1 aliphatic heterocycles. The average molecular weight is 350 g/mol. The monoisotopic (exact) mass is 350 g/mol. The van der Waals surface area contributed by atoms with E-state index in [1.165, 1.54) is 6.07 Å². The molecular weight excluding hydrogens is 328 g/mol. The van der Waals surface area contributed by atoms with Gasteiger partial charge in [0.2, 0.25) is 15.9 Å². The molecule has 1 atom stereocenters. The van der Waals surface area contributed by atoms with E-state index in [9.17, 15) is 8.42 Å². The van der Waals surface area contributed by atoms with Crippen LogP contribution in [0.3, 0.4) is 0 Å². The molecule has 0 bridgehead atoms. The van der Waals surface area contributed by atoms with Gasteiger partial charge < -0.3 is 9.42 Å². The molecule has 0 unspecified atom stereocenters. The lowest BCUT2D eigenvalue weighted by Crippen LogP contribution is -2.28. The number of hydrogen-bond donors (Lipinski definition) is 1. The van der Waals surface area contributed by atoms with Crippen LogP contribution in [0.15, 0.2) is 27.6 Å². The molecule has 1 aromatic heterocycles. The molecule has 1 aliphatic rings. The van der Waals surface area contributed by atoms with E-state index < -0.39 is 10.0 Å². The molecule has 8 heteroatoms. The number of anilines is 1. The predicted molar refractivity (Wildman–Crippen MR) is 90.0 cm³/mol. The van der Waals surface area contributed by atoms with E-state index in [1.807, 2.05) is 0 Å². The summed E-state index contributed by atoms with van der Waals surface area (Å²) in [6, 6.07) is 5.21. The first-order valence-corrected chi connectivity index (χ1v) is 9.52. The maximum Gasteiger partial charge on any atom is 0.246 e. The summed E-state index contributed by atoms with van der Waals surface area (Å²) in [7, 11) is -3.69. The molecular formula is C16H22N4O3S. The second-order valence-electron chi connectivity index (χ2n) is 6.72. The molecule has 2 heterocycles. The fourth-order valence-corrected chi connectivity index (χ4v) is 3.60. The van der Waals surface area contributed by atoms with E-state index in [0.29, 0.717) is 18.4 Å². The summed E-state index contributed by atoms with van der Waals surface area (Å²) < 4.78 is 28.4. The van der Waals surface area contributed by atoms with Gasteiger partial charge >= 0.3 is 0 Å². The maximum absolute atomic E-state index is 11.5. The van der Waals surface area contributed by atoms with E-state index in [2.05, 4.69) is 35.8 Å². The van der Waals surface area contributed by atoms with Crippen LogP contribution in [0.2, 0.25) is 0 Å². The van der Waals surface area contributed by atoms with Gasteiger partial charge in [-0.3, -0.25) is 0 Å². The molecule has 0 saturated heterocycles. The fraction of sp³-hybridized carbons (Fsp3) is 0.500. The van der Waals surface area contributed by atoms with Gasteiger partial charge in [0.1, 0.15) is 0 Å². The second kappa shape index (κ2) is 6.18. The SMILES string of the molecule is CC(C)Cc1noc(CN2c3ccc(S(N)(=O)=O)cc3C[C@@H]2C)n1. The van der Waals surface area contributed by atoms with Crippen molar-refractivity contribution in [3.05, 3.63) is 35.5 Å². The van der Waals surface area contributed by atoms with Crippen molar-refractivity contribution in [1.82, 2.24) is 10.1 Å². The molecule has 0 radical (unpaired) electrons. The topological polar surface area (TPSA) is 102 Å². The number of nitrogens with zero attached hydrogens (tertiary/aromatic N) is 3. The standard InChI is InChI=1S/C16H22N4O3S/c1-10(2)6-15-18-16(23-19-15)9-20-11(3)7-12-8-13(24(17,21)22)4-5-14(12)20/h4-5,8,10-11H,6-7,9H2,1-3H3,(H2,17,21,22)/t11-/m0/s1. The van der Waals surface area contributed by atoms with Gasteiger partial charge in [0.25, 0.3) is 0 Å². The molecule has 2 N–H and O–H groups in total. The molecule has 0 aliphatic carbocycles. The number of benzene rings is 1. The zero-order chi connectivity index (χ0) is 17.5. The highest BCUT2D eigenvalue weighted by Gasteiger charge is 2.28. The Morgan fingerprint density at radius 2 is 2.17 bits per heavy atom. The van der Waals surface area contributed by atoms with Gasteiger partial charge in [-0.05, 0) is 43.0 Å². The van der Waals surface area contributed by atoms with Crippen molar-refractivity contribution in [1.29, 1.82) is 0 Å². The first-order chi connectivity index (χ1) is 11.2. The Labute approximate surface area is 141 Å². The molecule has 1 aromatic carbocycles. The van der Waals surface area contributed by atoms with Crippen molar-refractivity contribution in [2.75, 3.05) is 4.90 Å². The number of fused-ring (bicyclic) bond motifs is 1. The Morgan fingerprint density at radius 1 is 1.42 bits per heavy atom. The number of primary sulfonamides is 1. The Balaban J connectivity index is 1.82. The van der Waals surface area contributed by atoms with Crippen LogP contribution in [0, 0.1) is 5.92 Å². The molecule has 24 heavy (non-hydrogen) atoms. The third-order valence-electron chi connectivity index (χ3n) is 4.14. The Kier molecular flexibility index (Phi) is 4.35. The summed E-state index contributed by atoms with van der Waals surface area (Å²) >= 11 is 0. The Hall–Kier alpha value is -1.93. The van der Waals surface area contributed by atoms with Crippen molar-refractivity contribution in [3.8, 4) is 0 Å². The van der Waals surface area contributed by atoms with Crippen molar-refractivity contribution < 1.29 is 12.9 Å². The van der Waals surface area contributed by atoms with Gasteiger partial charge in [0.15, 0.2) is 5.82 Å². The lowest BCUT2D eigenvalue weighted by atomic mass is 10.1. The van der Waals surface area contributed by atoms with Gasteiger partial charge in [-0.1, -0.05) is 19.0 Å². The highest BCUT2D eigenvalue weighted by molar-refractivity contribution is 7.89. The van der Waals surface area contributed by atoms with Crippen LogP contribution in [-0.4, -0.2) is 24.6 Å². The molecule has 7 nitrogen and oxygen atoms in total. The molecule has 0 fully saturated rings. The summed E-state index contributed by atoms with van der Waals surface area (Å²) in [5.41, 5.74) is 1.95. The van der Waals surface area contributed by atoms with Gasteiger partial charge in [0, 0.05) is 18.2 Å². The normalized spacial score (nSPS) is 17.5. The summed E-state index contributed by atoms with van der Waals surface area (Å²) in [6.07, 6.45) is 1.54.